The van der Waals surface area contributed by atoms with Crippen LogP contribution in [-0.4, -0.2) is 194 Å². The number of methoxy groups -OCH3 is 1. The van der Waals surface area contributed by atoms with Crippen molar-refractivity contribution in [2.45, 2.75) is 191 Å². The lowest BCUT2D eigenvalue weighted by atomic mass is 9.33. The number of allylic oxidation sites excluding steroid dienone is 2. The molecule has 0 amide bonds. The average Bonchev–Trinajstić information content (AvgIpc) is 3.31. The van der Waals surface area contributed by atoms with Gasteiger partial charge in [-0.2, -0.15) is 0 Å². The van der Waals surface area contributed by atoms with Gasteiger partial charge in [-0.05, 0) is 105 Å². The van der Waals surface area contributed by atoms with Gasteiger partial charge in [0.05, 0.1) is 50.5 Å². The van der Waals surface area contributed by atoms with E-state index in [4.69, 9.17) is 33.2 Å². The highest BCUT2D eigenvalue weighted by atomic mass is 16.7. The first-order valence-electron chi connectivity index (χ1n) is 24.5. The van der Waals surface area contributed by atoms with Crippen molar-refractivity contribution >= 4 is 11.9 Å². The van der Waals surface area contributed by atoms with Crippen molar-refractivity contribution in [1.29, 1.82) is 0 Å². The molecule has 3 aliphatic heterocycles. The van der Waals surface area contributed by atoms with Crippen LogP contribution in [0, 0.1) is 50.2 Å². The van der Waals surface area contributed by atoms with E-state index in [0.29, 0.717) is 51.4 Å². The highest BCUT2D eigenvalue weighted by Crippen LogP contribution is 2.76. The van der Waals surface area contributed by atoms with Crippen molar-refractivity contribution in [2.24, 2.45) is 50.2 Å². The van der Waals surface area contributed by atoms with Gasteiger partial charge in [0.25, 0.3) is 0 Å². The molecule has 5 aliphatic carbocycles. The summed E-state index contributed by atoms with van der Waals surface area (Å²) >= 11 is 0. The molecular weight excluding hydrogens is 897 g/mol. The van der Waals surface area contributed by atoms with Crippen LogP contribution in [0.3, 0.4) is 0 Å². The number of aliphatic hydroxyl groups excluding tert-OH is 11. The van der Waals surface area contributed by atoms with Crippen molar-refractivity contribution in [2.75, 3.05) is 33.5 Å². The molecule has 0 aromatic heterocycles. The van der Waals surface area contributed by atoms with E-state index in [-0.39, 0.29) is 48.3 Å². The lowest BCUT2D eigenvalue weighted by Crippen LogP contribution is -2.67. The maximum Gasteiger partial charge on any atom is 0.315 e. The van der Waals surface area contributed by atoms with Crippen molar-refractivity contribution < 1.29 is 98.9 Å². The highest BCUT2D eigenvalue weighted by molar-refractivity contribution is 5.81. The lowest BCUT2D eigenvalue weighted by Gasteiger charge is -2.71. The summed E-state index contributed by atoms with van der Waals surface area (Å²) in [4.78, 5) is 28.3. The topological polar surface area (TPSA) is 321 Å². The number of carbonyl (C=O) groups excluding carboxylic acids is 2. The number of hydrogen-bond acceptors (Lipinski definition) is 20. The van der Waals surface area contributed by atoms with Gasteiger partial charge in [0.2, 0.25) is 6.29 Å². The normalized spacial score (nSPS) is 53.7. The van der Waals surface area contributed by atoms with Crippen LogP contribution in [0.4, 0.5) is 0 Å². The minimum absolute atomic E-state index is 0.0728. The summed E-state index contributed by atoms with van der Waals surface area (Å²) < 4.78 is 40.7. The molecule has 0 bridgehead atoms. The number of hydrogen-bond donors (Lipinski definition) is 11. The van der Waals surface area contributed by atoms with Crippen LogP contribution in [0.5, 0.6) is 0 Å². The van der Waals surface area contributed by atoms with Crippen LogP contribution in [-0.2, 0) is 42.7 Å². The predicted octanol–water partition coefficient (Wildman–Crippen LogP) is -1.09. The van der Waals surface area contributed by atoms with Gasteiger partial charge in [-0.15, -0.1) is 0 Å². The molecule has 388 valence electrons. The van der Waals surface area contributed by atoms with Crippen LogP contribution in [0.2, 0.25) is 0 Å². The molecule has 0 spiro atoms. The molecule has 0 unspecified atom stereocenters. The van der Waals surface area contributed by atoms with E-state index in [1.165, 1.54) is 7.11 Å². The Hall–Kier alpha value is -1.96. The smallest absolute Gasteiger partial charge is 0.315 e. The van der Waals surface area contributed by atoms with Crippen LogP contribution in [0.25, 0.3) is 0 Å². The fraction of sp³-hybridized carbons (Fsp3) is 0.917. The van der Waals surface area contributed by atoms with Gasteiger partial charge in [0, 0.05) is 5.41 Å². The van der Waals surface area contributed by atoms with E-state index >= 15 is 0 Å². The minimum atomic E-state index is -1.77. The summed E-state index contributed by atoms with van der Waals surface area (Å²) in [5, 5.41) is 116. The summed E-state index contributed by atoms with van der Waals surface area (Å²) in [6, 6.07) is 0. The molecule has 3 saturated heterocycles. The third-order valence-corrected chi connectivity index (χ3v) is 19.5. The number of fused-ring (bicyclic) bond motifs is 7. The Bertz CT molecular complexity index is 1880. The number of carbonyl (C=O) groups is 2. The third kappa shape index (κ3) is 7.94. The second-order valence-corrected chi connectivity index (χ2v) is 22.7. The quantitative estimate of drug-likeness (QED) is 0.0704. The van der Waals surface area contributed by atoms with Crippen LogP contribution >= 0.6 is 0 Å². The van der Waals surface area contributed by atoms with Gasteiger partial charge in [-0.25, -0.2) is 0 Å². The Labute approximate surface area is 396 Å². The zero-order valence-electron chi connectivity index (χ0n) is 40.0. The molecule has 20 nitrogen and oxygen atoms in total. The van der Waals surface area contributed by atoms with Gasteiger partial charge in [0.1, 0.15) is 67.1 Å². The summed E-state index contributed by atoms with van der Waals surface area (Å²) in [6.45, 7) is 8.79. The Morgan fingerprint density at radius 3 is 1.91 bits per heavy atom. The molecule has 7 fully saturated rings. The first kappa shape index (κ1) is 52.4. The SMILES string of the molecule is COC(=O)[C@]1(C)CC[C@]2(C(=O)O[C@@H]3O[C@H](CO)[C@@H](O)[C@H](O)[C@H]3O)CC[C@]3(C)C(=CC[C@@H]4[C@@]5(C)CC[C@H](O[C@@H]6OC[C@H](O)[C@H](O[C@@H]7O[C@H](CO)[C@@H](O)[C@H](O)[C@H]7O)[C@H]6O)[C@@](C)(CO)[C@@H]5CC[C@]43C)[C@@H]2C1. The number of ether oxygens (including phenoxy) is 7. The second-order valence-electron chi connectivity index (χ2n) is 22.7. The van der Waals surface area contributed by atoms with Crippen molar-refractivity contribution in [3.05, 3.63) is 11.6 Å². The van der Waals surface area contributed by atoms with Gasteiger partial charge in [-0.1, -0.05) is 39.3 Å². The molecule has 11 N–H and O–H groups in total. The molecule has 4 saturated carbocycles. The van der Waals surface area contributed by atoms with Gasteiger partial charge >= 0.3 is 11.9 Å². The molecule has 3 heterocycles. The molecule has 8 rings (SSSR count). The van der Waals surface area contributed by atoms with Gasteiger partial charge in [0.15, 0.2) is 12.6 Å². The summed E-state index contributed by atoms with van der Waals surface area (Å²) in [5.41, 5.74) is -2.95. The fourth-order valence-electron chi connectivity index (χ4n) is 15.1. The molecule has 8 aliphatic rings. The molecule has 68 heavy (non-hydrogen) atoms. The number of aliphatic hydroxyl groups is 11. The lowest BCUT2D eigenvalue weighted by molar-refractivity contribution is -0.358. The first-order chi connectivity index (χ1) is 31.9. The van der Waals surface area contributed by atoms with Crippen molar-refractivity contribution in [1.82, 2.24) is 0 Å². The maximum atomic E-state index is 14.8. The van der Waals surface area contributed by atoms with E-state index in [2.05, 4.69) is 26.8 Å². The predicted molar refractivity (Wildman–Crippen MR) is 232 cm³/mol. The Kier molecular flexibility index (Phi) is 14.5. The molecule has 0 aromatic carbocycles. The van der Waals surface area contributed by atoms with Gasteiger partial charge < -0.3 is 89.3 Å². The summed E-state index contributed by atoms with van der Waals surface area (Å²) in [5.74, 6) is -1.47. The van der Waals surface area contributed by atoms with E-state index < -0.39 is 139 Å². The van der Waals surface area contributed by atoms with Crippen LogP contribution < -0.4 is 0 Å². The van der Waals surface area contributed by atoms with E-state index in [1.54, 1.807) is 0 Å². The zero-order valence-corrected chi connectivity index (χ0v) is 40.0. The Morgan fingerprint density at radius 1 is 0.676 bits per heavy atom. The molecule has 0 radical (unpaired) electrons. The average molecular weight is 973 g/mol. The molecule has 24 atom stereocenters. The summed E-state index contributed by atoms with van der Waals surface area (Å²) in [7, 11) is 1.35. The zero-order chi connectivity index (χ0) is 49.7. The van der Waals surface area contributed by atoms with E-state index in [0.717, 1.165) is 12.0 Å². The minimum Gasteiger partial charge on any atom is -0.469 e. The van der Waals surface area contributed by atoms with Crippen LogP contribution in [0.15, 0.2) is 11.6 Å². The molecule has 0 aromatic rings. The largest absolute Gasteiger partial charge is 0.469 e. The van der Waals surface area contributed by atoms with Crippen molar-refractivity contribution in [3.63, 3.8) is 0 Å². The standard InChI is InChI=1S/C48H76O20/c1-43(41(60)62-6)13-15-48(42(61)68-40-35(58)33(56)31(54)26(19-50)65-40)16-14-46(4)22(23(48)17-43)7-8-28-44(2)11-10-29(45(3,21-51)27(44)9-12-47(28,46)5)66-38-36(59)37(24(52)20-63-38)67-39-34(57)32(55)30(53)25(18-49)64-39/h7,23-40,49-59H,8-21H2,1-6H3/t23-,24-,25+,26+,27+,28+,29-,30+,31+,32-,33-,34+,35+,36+,37-,38-,39-,40-,43+,44-,45-,46+,47+,48-/m0/s1. The summed E-state index contributed by atoms with van der Waals surface area (Å²) in [6.07, 6.45) is -15.1. The Morgan fingerprint density at radius 2 is 1.29 bits per heavy atom. The van der Waals surface area contributed by atoms with E-state index in [1.807, 2.05) is 13.8 Å². The van der Waals surface area contributed by atoms with Gasteiger partial charge in [-0.3, -0.25) is 9.59 Å². The third-order valence-electron chi connectivity index (χ3n) is 19.5. The highest BCUT2D eigenvalue weighted by Gasteiger charge is 2.71. The number of rotatable bonds is 10. The first-order valence-corrected chi connectivity index (χ1v) is 24.5. The molecule has 20 heteroatoms. The van der Waals surface area contributed by atoms with Crippen molar-refractivity contribution in [3.8, 4) is 0 Å². The second kappa shape index (κ2) is 18.8. The van der Waals surface area contributed by atoms with E-state index in [9.17, 15) is 65.8 Å². The fourth-order valence-corrected chi connectivity index (χ4v) is 15.1. The Balaban J connectivity index is 1.04. The maximum absolute atomic E-state index is 14.8. The monoisotopic (exact) mass is 972 g/mol. The number of esters is 2. The molecular formula is C48H76O20. The van der Waals surface area contributed by atoms with Crippen LogP contribution in [0.1, 0.15) is 98.8 Å².